The van der Waals surface area contributed by atoms with E-state index >= 15 is 0 Å². The van der Waals surface area contributed by atoms with Crippen LogP contribution >= 0.6 is 11.6 Å². The molecule has 1 spiro atoms. The van der Waals surface area contributed by atoms with Crippen molar-refractivity contribution in [1.29, 1.82) is 0 Å². The number of halogens is 1. The molecule has 3 heterocycles. The summed E-state index contributed by atoms with van der Waals surface area (Å²) in [5, 5.41) is 7.90. The second-order valence-corrected chi connectivity index (χ2v) is 7.14. The molecule has 1 aromatic heterocycles. The van der Waals surface area contributed by atoms with Crippen LogP contribution in [0.1, 0.15) is 23.2 Å². The number of likely N-dealkylation sites (tertiary alicyclic amines) is 1. The van der Waals surface area contributed by atoms with Gasteiger partial charge in [-0.1, -0.05) is 11.6 Å². The van der Waals surface area contributed by atoms with Crippen LogP contribution in [0.4, 0.5) is 4.79 Å². The van der Waals surface area contributed by atoms with Gasteiger partial charge in [0.15, 0.2) is 0 Å². The first-order chi connectivity index (χ1) is 12.5. The smallest absolute Gasteiger partial charge is 0.410 e. The van der Waals surface area contributed by atoms with Gasteiger partial charge in [0.05, 0.1) is 17.1 Å². The first-order valence-electron chi connectivity index (χ1n) is 8.35. The molecule has 2 amide bonds. The quantitative estimate of drug-likeness (QED) is 0.801. The number of hydrogen-bond donors (Lipinski definition) is 0. The van der Waals surface area contributed by atoms with E-state index < -0.39 is 5.60 Å². The number of nitrogens with zero attached hydrogens (tertiary/aromatic N) is 5. The number of carbonyl (C=O) groups is 2. The lowest BCUT2D eigenvalue weighted by Crippen LogP contribution is -2.48. The Kier molecular flexibility index (Phi) is 4.07. The maximum atomic E-state index is 12.8. The maximum absolute atomic E-state index is 12.8. The molecule has 0 unspecified atom stereocenters. The highest BCUT2D eigenvalue weighted by Crippen LogP contribution is 2.33. The largest absolute Gasteiger partial charge is 0.441 e. The molecular formula is C17H18ClN5O3. The molecule has 26 heavy (non-hydrogen) atoms. The molecule has 2 aliphatic rings. The molecule has 0 radical (unpaired) electrons. The van der Waals surface area contributed by atoms with Crippen molar-refractivity contribution >= 4 is 23.6 Å². The zero-order valence-corrected chi connectivity index (χ0v) is 15.0. The van der Waals surface area contributed by atoms with Gasteiger partial charge in [0, 0.05) is 38.7 Å². The lowest BCUT2D eigenvalue weighted by atomic mass is 9.91. The number of ether oxygens (including phenoxy) is 1. The molecule has 136 valence electrons. The fourth-order valence-corrected chi connectivity index (χ4v) is 3.77. The summed E-state index contributed by atoms with van der Waals surface area (Å²) in [6.07, 6.45) is 4.10. The number of hydrogen-bond acceptors (Lipinski definition) is 5. The summed E-state index contributed by atoms with van der Waals surface area (Å²) in [6, 6.07) is 5.24. The van der Waals surface area contributed by atoms with Crippen molar-refractivity contribution in [2.24, 2.45) is 0 Å². The number of carbonyl (C=O) groups excluding carboxylic acids is 2. The van der Waals surface area contributed by atoms with Crippen molar-refractivity contribution in [2.75, 3.05) is 26.7 Å². The van der Waals surface area contributed by atoms with Crippen molar-refractivity contribution in [3.63, 3.8) is 0 Å². The summed E-state index contributed by atoms with van der Waals surface area (Å²) in [7, 11) is 1.73. The van der Waals surface area contributed by atoms with E-state index in [2.05, 4.69) is 10.2 Å². The predicted molar refractivity (Wildman–Crippen MR) is 93.3 cm³/mol. The molecule has 9 heteroatoms. The molecule has 0 atom stereocenters. The van der Waals surface area contributed by atoms with E-state index in [4.69, 9.17) is 16.3 Å². The van der Waals surface area contributed by atoms with Gasteiger partial charge in [0.2, 0.25) is 0 Å². The minimum Gasteiger partial charge on any atom is -0.441 e. The number of aromatic nitrogens is 3. The highest BCUT2D eigenvalue weighted by molar-refractivity contribution is 6.34. The third kappa shape index (κ3) is 2.90. The Bertz CT molecular complexity index is 846. The van der Waals surface area contributed by atoms with Gasteiger partial charge in [-0.3, -0.25) is 9.36 Å². The summed E-state index contributed by atoms with van der Waals surface area (Å²) < 4.78 is 7.24. The first-order valence-corrected chi connectivity index (χ1v) is 8.73. The number of rotatable bonds is 2. The number of benzene rings is 1. The summed E-state index contributed by atoms with van der Waals surface area (Å²) in [5.74, 6) is -0.113. The van der Waals surface area contributed by atoms with Gasteiger partial charge in [-0.2, -0.15) is 0 Å². The number of likely N-dealkylation sites (N-methyl/N-ethyl adjacent to an activating group) is 1. The average molecular weight is 376 g/mol. The lowest BCUT2D eigenvalue weighted by molar-refractivity contribution is 0.00318. The molecular weight excluding hydrogens is 358 g/mol. The molecule has 0 bridgehead atoms. The molecule has 2 aromatic rings. The van der Waals surface area contributed by atoms with Gasteiger partial charge in [-0.05, 0) is 18.2 Å². The van der Waals surface area contributed by atoms with Gasteiger partial charge in [-0.15, -0.1) is 10.2 Å². The summed E-state index contributed by atoms with van der Waals surface area (Å²) in [4.78, 5) is 27.8. The fourth-order valence-electron chi connectivity index (χ4n) is 3.51. The second kappa shape index (κ2) is 6.28. The Balaban J connectivity index is 1.46. The monoisotopic (exact) mass is 375 g/mol. The van der Waals surface area contributed by atoms with Gasteiger partial charge >= 0.3 is 6.09 Å². The third-order valence-electron chi connectivity index (χ3n) is 5.00. The predicted octanol–water partition coefficient (Wildman–Crippen LogP) is 1.98. The van der Waals surface area contributed by atoms with Crippen LogP contribution in [-0.2, 0) is 4.74 Å². The molecule has 0 aliphatic carbocycles. The first kappa shape index (κ1) is 16.8. The molecule has 0 saturated carbocycles. The van der Waals surface area contributed by atoms with Crippen LogP contribution in [0.15, 0.2) is 30.9 Å². The minimum atomic E-state index is -0.468. The Morgan fingerprint density at radius 1 is 1.23 bits per heavy atom. The molecule has 1 aromatic carbocycles. The Morgan fingerprint density at radius 3 is 2.50 bits per heavy atom. The van der Waals surface area contributed by atoms with Gasteiger partial charge in [-0.25, -0.2) is 4.79 Å². The fraction of sp³-hybridized carbons (Fsp3) is 0.412. The van der Waals surface area contributed by atoms with Gasteiger partial charge < -0.3 is 14.5 Å². The van der Waals surface area contributed by atoms with Crippen molar-refractivity contribution in [3.8, 4) is 5.69 Å². The van der Waals surface area contributed by atoms with E-state index in [1.807, 2.05) is 6.07 Å². The second-order valence-electron chi connectivity index (χ2n) is 6.73. The summed E-state index contributed by atoms with van der Waals surface area (Å²) in [6.45, 7) is 1.63. The topological polar surface area (TPSA) is 80.6 Å². The van der Waals surface area contributed by atoms with Crippen molar-refractivity contribution in [2.45, 2.75) is 18.4 Å². The number of piperidine rings is 1. The third-order valence-corrected chi connectivity index (χ3v) is 5.32. The highest BCUT2D eigenvalue weighted by atomic mass is 35.5. The normalized spacial score (nSPS) is 19.1. The van der Waals surface area contributed by atoms with Crippen LogP contribution in [-0.4, -0.2) is 68.8 Å². The maximum Gasteiger partial charge on any atom is 0.410 e. The van der Waals surface area contributed by atoms with E-state index in [1.165, 1.54) is 0 Å². The van der Waals surface area contributed by atoms with Crippen LogP contribution < -0.4 is 0 Å². The molecule has 8 nitrogen and oxygen atoms in total. The van der Waals surface area contributed by atoms with Crippen molar-refractivity contribution < 1.29 is 14.3 Å². The van der Waals surface area contributed by atoms with Gasteiger partial charge in [0.25, 0.3) is 5.91 Å². The zero-order valence-electron chi connectivity index (χ0n) is 14.3. The number of amides is 2. The summed E-state index contributed by atoms with van der Waals surface area (Å²) in [5.41, 5.74) is 0.778. The van der Waals surface area contributed by atoms with Crippen molar-refractivity contribution in [1.82, 2.24) is 24.6 Å². The minimum absolute atomic E-state index is 0.113. The van der Waals surface area contributed by atoms with E-state index in [1.54, 1.807) is 46.2 Å². The molecule has 2 aliphatic heterocycles. The van der Waals surface area contributed by atoms with E-state index in [0.717, 1.165) is 5.69 Å². The van der Waals surface area contributed by atoms with Crippen LogP contribution in [0.2, 0.25) is 5.02 Å². The van der Waals surface area contributed by atoms with Crippen LogP contribution in [0.5, 0.6) is 0 Å². The molecule has 0 N–H and O–H groups in total. The summed E-state index contributed by atoms with van der Waals surface area (Å²) >= 11 is 6.34. The van der Waals surface area contributed by atoms with Crippen molar-refractivity contribution in [3.05, 3.63) is 41.4 Å². The standard InChI is InChI=1S/C17H18ClN5O3/c1-21-9-17(26-16(21)25)4-6-22(7-5-17)15(24)13-3-2-12(8-14(13)18)23-10-19-20-11-23/h2-3,8,10-11H,4-7,9H2,1H3. The van der Waals surface area contributed by atoms with E-state index in [-0.39, 0.29) is 12.0 Å². The van der Waals surface area contributed by atoms with E-state index in [0.29, 0.717) is 43.1 Å². The Hall–Kier alpha value is -2.61. The molecule has 2 saturated heterocycles. The average Bonchev–Trinajstić information content (AvgIpc) is 3.24. The molecule has 2 fully saturated rings. The van der Waals surface area contributed by atoms with E-state index in [9.17, 15) is 9.59 Å². The van der Waals surface area contributed by atoms with Gasteiger partial charge in [0.1, 0.15) is 18.3 Å². The van der Waals surface area contributed by atoms with Crippen LogP contribution in [0.25, 0.3) is 5.69 Å². The zero-order chi connectivity index (χ0) is 18.3. The Morgan fingerprint density at radius 2 is 1.92 bits per heavy atom. The highest BCUT2D eigenvalue weighted by Gasteiger charge is 2.46. The van der Waals surface area contributed by atoms with Crippen LogP contribution in [0.3, 0.4) is 0 Å². The van der Waals surface area contributed by atoms with Crippen LogP contribution in [0, 0.1) is 0 Å². The molecule has 4 rings (SSSR count). The Labute approximate surface area is 155 Å². The SMILES string of the molecule is CN1CC2(CCN(C(=O)c3ccc(-n4cnnc4)cc3Cl)CC2)OC1=O. The lowest BCUT2D eigenvalue weighted by Gasteiger charge is -2.37.